The van der Waals surface area contributed by atoms with Crippen molar-refractivity contribution in [1.82, 2.24) is 4.57 Å². The number of fused-ring (bicyclic) bond motifs is 5. The fourth-order valence-electron chi connectivity index (χ4n) is 5.48. The summed E-state index contributed by atoms with van der Waals surface area (Å²) in [5.41, 5.74) is -2.63. The third-order valence-corrected chi connectivity index (χ3v) is 7.85. The van der Waals surface area contributed by atoms with Gasteiger partial charge < -0.3 is 8.75 Å². The van der Waals surface area contributed by atoms with Crippen LogP contribution in [0.3, 0.4) is 0 Å². The van der Waals surface area contributed by atoms with Crippen LogP contribution < -0.4 is 4.18 Å². The zero-order chi connectivity index (χ0) is 25.5. The van der Waals surface area contributed by atoms with Crippen molar-refractivity contribution in [2.75, 3.05) is 0 Å². The lowest BCUT2D eigenvalue weighted by atomic mass is 9.91. The minimum Gasteiger partial charge on any atom is -0.375 e. The summed E-state index contributed by atoms with van der Waals surface area (Å²) in [6.45, 7) is 0. The lowest BCUT2D eigenvalue weighted by Crippen LogP contribution is -2.28. The highest BCUT2D eigenvalue weighted by atomic mass is 32.2. The molecule has 6 aromatic carbocycles. The summed E-state index contributed by atoms with van der Waals surface area (Å²) in [4.78, 5) is 0. The summed E-state index contributed by atoms with van der Waals surface area (Å²) in [5, 5.41) is 6.03. The Bertz CT molecular complexity index is 2110. The molecule has 1 aromatic heterocycles. The largest absolute Gasteiger partial charge is 0.534 e. The molecule has 7 aromatic rings. The van der Waals surface area contributed by atoms with Gasteiger partial charge in [0, 0.05) is 21.8 Å². The molecular weight excluding hydrogens is 499 g/mol. The zero-order valence-electron chi connectivity index (χ0n) is 19.0. The second kappa shape index (κ2) is 7.36. The molecule has 182 valence electrons. The SMILES string of the molecule is O=S(=O)(Oc1cc2c3cccc4c3c3c(cccc3n4-c3ccccc3)c2c2ccccc12)C(F)(F)F. The Balaban J connectivity index is 1.70. The molecule has 37 heavy (non-hydrogen) atoms. The van der Waals surface area contributed by atoms with E-state index in [9.17, 15) is 21.6 Å². The van der Waals surface area contributed by atoms with E-state index in [1.807, 2.05) is 60.7 Å². The Morgan fingerprint density at radius 2 is 1.14 bits per heavy atom. The molecule has 0 amide bonds. The number of benzene rings is 6. The average Bonchev–Trinajstić information content (AvgIpc) is 3.23. The van der Waals surface area contributed by atoms with Gasteiger partial charge in [0.1, 0.15) is 0 Å². The third-order valence-electron chi connectivity index (χ3n) is 6.88. The first kappa shape index (κ1) is 21.9. The molecule has 0 bridgehead atoms. The number of halogens is 3. The Kier molecular flexibility index (Phi) is 4.37. The molecular formula is C29H16F3NO3S. The summed E-state index contributed by atoms with van der Waals surface area (Å²) in [6, 6.07) is 29.9. The van der Waals surface area contributed by atoms with Gasteiger partial charge in [0.2, 0.25) is 0 Å². The molecule has 0 saturated heterocycles. The summed E-state index contributed by atoms with van der Waals surface area (Å²) in [7, 11) is -5.86. The quantitative estimate of drug-likeness (QED) is 0.137. The molecule has 0 N–H and O–H groups in total. The number of nitrogens with zero attached hydrogens (tertiary/aromatic N) is 1. The van der Waals surface area contributed by atoms with E-state index in [0.717, 1.165) is 43.7 Å². The van der Waals surface area contributed by atoms with E-state index >= 15 is 0 Å². The maximum Gasteiger partial charge on any atom is 0.534 e. The van der Waals surface area contributed by atoms with Crippen LogP contribution >= 0.6 is 0 Å². The van der Waals surface area contributed by atoms with E-state index in [4.69, 9.17) is 4.18 Å². The third kappa shape index (κ3) is 2.99. The maximum absolute atomic E-state index is 13.2. The molecule has 0 aliphatic carbocycles. The van der Waals surface area contributed by atoms with Crippen molar-refractivity contribution in [2.24, 2.45) is 0 Å². The lowest BCUT2D eigenvalue weighted by Gasteiger charge is -2.16. The van der Waals surface area contributed by atoms with Crippen LogP contribution in [-0.4, -0.2) is 18.5 Å². The van der Waals surface area contributed by atoms with Crippen molar-refractivity contribution in [2.45, 2.75) is 5.51 Å². The Labute approximate surface area is 208 Å². The molecule has 0 aliphatic heterocycles. The van der Waals surface area contributed by atoms with E-state index in [1.54, 1.807) is 24.3 Å². The highest BCUT2D eigenvalue weighted by Gasteiger charge is 2.48. The Hall–Kier alpha value is -4.30. The second-order valence-electron chi connectivity index (χ2n) is 8.90. The van der Waals surface area contributed by atoms with Gasteiger partial charge >= 0.3 is 15.6 Å². The first-order valence-electron chi connectivity index (χ1n) is 11.4. The minimum atomic E-state index is -5.86. The highest BCUT2D eigenvalue weighted by molar-refractivity contribution is 7.88. The normalized spacial score (nSPS) is 12.9. The van der Waals surface area contributed by atoms with Gasteiger partial charge in [0.15, 0.2) is 5.75 Å². The predicted molar refractivity (Wildman–Crippen MR) is 140 cm³/mol. The summed E-state index contributed by atoms with van der Waals surface area (Å²) in [6.07, 6.45) is 0. The fraction of sp³-hybridized carbons (Fsp3) is 0.0345. The monoisotopic (exact) mass is 515 g/mol. The number of hydrogen-bond acceptors (Lipinski definition) is 3. The van der Waals surface area contributed by atoms with Crippen LogP contribution in [-0.2, 0) is 10.1 Å². The highest BCUT2D eigenvalue weighted by Crippen LogP contribution is 2.47. The number of hydrogen-bond donors (Lipinski definition) is 0. The van der Waals surface area contributed by atoms with Crippen molar-refractivity contribution >= 4 is 64.2 Å². The van der Waals surface area contributed by atoms with Gasteiger partial charge in [0.05, 0.1) is 11.0 Å². The average molecular weight is 516 g/mol. The second-order valence-corrected chi connectivity index (χ2v) is 10.4. The van der Waals surface area contributed by atoms with E-state index in [2.05, 4.69) is 10.6 Å². The lowest BCUT2D eigenvalue weighted by molar-refractivity contribution is -0.0499. The standard InChI is InChI=1S/C29H16F3NO3S/c30-29(31,32)37(34,35)36-25-16-22-20-12-6-14-23-27(20)28-21(26(22)19-11-5-4-10-18(19)25)13-7-15-24(28)33(23)17-8-2-1-3-9-17/h1-16H. The van der Waals surface area contributed by atoms with Gasteiger partial charge in [0.25, 0.3) is 0 Å². The molecule has 1 heterocycles. The van der Waals surface area contributed by atoms with Gasteiger partial charge in [-0.15, -0.1) is 0 Å². The maximum atomic E-state index is 13.2. The molecule has 0 fully saturated rings. The summed E-state index contributed by atoms with van der Waals surface area (Å²) >= 11 is 0. The molecule has 0 atom stereocenters. The number of alkyl halides is 3. The molecule has 7 rings (SSSR count). The van der Waals surface area contributed by atoms with Gasteiger partial charge in [-0.05, 0) is 57.3 Å². The smallest absolute Gasteiger partial charge is 0.375 e. The van der Waals surface area contributed by atoms with Crippen molar-refractivity contribution < 1.29 is 25.8 Å². The van der Waals surface area contributed by atoms with Crippen molar-refractivity contribution in [3.63, 3.8) is 0 Å². The van der Waals surface area contributed by atoms with Gasteiger partial charge in [-0.1, -0.05) is 66.7 Å². The molecule has 0 radical (unpaired) electrons. The zero-order valence-corrected chi connectivity index (χ0v) is 19.8. The molecule has 0 aliphatic rings. The first-order chi connectivity index (χ1) is 17.8. The van der Waals surface area contributed by atoms with Gasteiger partial charge in [-0.25, -0.2) is 0 Å². The van der Waals surface area contributed by atoms with E-state index in [-0.39, 0.29) is 11.1 Å². The Morgan fingerprint density at radius 3 is 1.81 bits per heavy atom. The number of rotatable bonds is 3. The van der Waals surface area contributed by atoms with Crippen LogP contribution in [0.2, 0.25) is 0 Å². The summed E-state index contributed by atoms with van der Waals surface area (Å²) in [5.74, 6) is -0.359. The van der Waals surface area contributed by atoms with Gasteiger partial charge in [-0.2, -0.15) is 21.6 Å². The van der Waals surface area contributed by atoms with Crippen LogP contribution in [0.25, 0.3) is 59.8 Å². The topological polar surface area (TPSA) is 48.3 Å². The van der Waals surface area contributed by atoms with E-state index in [0.29, 0.717) is 10.8 Å². The molecule has 4 nitrogen and oxygen atoms in total. The molecule has 8 heteroatoms. The van der Waals surface area contributed by atoms with Crippen LogP contribution in [0.4, 0.5) is 13.2 Å². The minimum absolute atomic E-state index is 0.282. The fourth-order valence-corrected chi connectivity index (χ4v) is 5.94. The van der Waals surface area contributed by atoms with Gasteiger partial charge in [-0.3, -0.25) is 0 Å². The summed E-state index contributed by atoms with van der Waals surface area (Å²) < 4.78 is 70.6. The van der Waals surface area contributed by atoms with Crippen molar-refractivity contribution in [3.05, 3.63) is 97.1 Å². The van der Waals surface area contributed by atoms with Crippen LogP contribution in [0, 0.1) is 0 Å². The van der Waals surface area contributed by atoms with Crippen molar-refractivity contribution in [1.29, 1.82) is 0 Å². The van der Waals surface area contributed by atoms with E-state index in [1.165, 1.54) is 6.07 Å². The predicted octanol–water partition coefficient (Wildman–Crippen LogP) is 7.91. The molecule has 0 spiro atoms. The molecule has 0 saturated carbocycles. The van der Waals surface area contributed by atoms with Crippen LogP contribution in [0.5, 0.6) is 5.75 Å². The van der Waals surface area contributed by atoms with Crippen LogP contribution in [0.1, 0.15) is 0 Å². The molecule has 0 unspecified atom stereocenters. The first-order valence-corrected chi connectivity index (χ1v) is 12.9. The number of aromatic nitrogens is 1. The van der Waals surface area contributed by atoms with Crippen molar-refractivity contribution in [3.8, 4) is 11.4 Å². The van der Waals surface area contributed by atoms with Crippen LogP contribution in [0.15, 0.2) is 97.1 Å². The number of para-hydroxylation sites is 1. The van der Waals surface area contributed by atoms with E-state index < -0.39 is 15.6 Å². The Morgan fingerprint density at radius 1 is 0.595 bits per heavy atom.